The molecule has 0 rings (SSSR count). The predicted octanol–water partition coefficient (Wildman–Crippen LogP) is 23.4. The SMILES string of the molecule is CC/C=C\C/C=C\C/C=C\C/C=C\C/C=C\C/C=C\C/C=C\CCCCCCCC(=O)OCC(COC(=O)CCCCCCC/C=C\CCCCCCC)OC(=O)CCCCCCCCCCC/C=C\CCCCCCCCCC. The monoisotopic (exact) mass is 1110 g/mol. The van der Waals surface area contributed by atoms with Crippen LogP contribution in [0.2, 0.25) is 0 Å². The standard InChI is InChI=1S/C74H126O6/c1-4-7-10-13-16-19-22-25-28-30-32-34-35-36-37-38-39-41-42-44-46-49-52-55-58-61-64-67-73(76)79-70-71(69-78-72(75)66-63-60-57-54-51-48-27-24-21-18-15-12-9-6-3)80-74(77)68-65-62-59-56-53-50-47-45-43-40-33-31-29-26-23-20-17-14-11-8-5-2/h7,10,16,19,24-25,27-28,31-34,36-37,39,41,44,46,71H,4-6,8-9,11-15,17-18,20-23,26,29-30,35,38,40,42-43,45,47-70H2,1-3H3/b10-7-,19-16-,27-24-,28-25-,33-31-,34-32-,37-36-,41-39-,46-44-. The molecule has 0 aromatic heterocycles. The van der Waals surface area contributed by atoms with Crippen LogP contribution in [0.3, 0.4) is 0 Å². The smallest absolute Gasteiger partial charge is 0.306 e. The van der Waals surface area contributed by atoms with Crippen LogP contribution < -0.4 is 0 Å². The van der Waals surface area contributed by atoms with Gasteiger partial charge in [-0.05, 0) is 128 Å². The highest BCUT2D eigenvalue weighted by Crippen LogP contribution is 2.16. The molecule has 1 unspecified atom stereocenters. The first-order valence-corrected chi connectivity index (χ1v) is 33.9. The van der Waals surface area contributed by atoms with Gasteiger partial charge in [-0.15, -0.1) is 0 Å². The quantitative estimate of drug-likeness (QED) is 0.0261. The molecule has 0 aliphatic carbocycles. The van der Waals surface area contributed by atoms with Crippen LogP contribution in [0.25, 0.3) is 0 Å². The molecule has 0 spiro atoms. The Hall–Kier alpha value is -3.93. The van der Waals surface area contributed by atoms with Gasteiger partial charge in [-0.2, -0.15) is 0 Å². The lowest BCUT2D eigenvalue weighted by atomic mass is 10.1. The van der Waals surface area contributed by atoms with Crippen molar-refractivity contribution in [3.8, 4) is 0 Å². The predicted molar refractivity (Wildman–Crippen MR) is 348 cm³/mol. The van der Waals surface area contributed by atoms with Gasteiger partial charge in [0.25, 0.3) is 0 Å². The summed E-state index contributed by atoms with van der Waals surface area (Å²) in [6.07, 6.45) is 92.4. The lowest BCUT2D eigenvalue weighted by Crippen LogP contribution is -2.30. The van der Waals surface area contributed by atoms with Crippen molar-refractivity contribution in [3.05, 3.63) is 109 Å². The van der Waals surface area contributed by atoms with E-state index < -0.39 is 6.10 Å². The van der Waals surface area contributed by atoms with E-state index in [9.17, 15) is 14.4 Å². The molecule has 0 radical (unpaired) electrons. The lowest BCUT2D eigenvalue weighted by molar-refractivity contribution is -0.167. The number of hydrogen-bond acceptors (Lipinski definition) is 6. The zero-order valence-corrected chi connectivity index (χ0v) is 52.6. The topological polar surface area (TPSA) is 78.9 Å². The molecule has 80 heavy (non-hydrogen) atoms. The molecule has 0 aromatic rings. The number of carbonyl (C=O) groups is 3. The minimum absolute atomic E-state index is 0.0891. The van der Waals surface area contributed by atoms with Gasteiger partial charge < -0.3 is 14.2 Å². The van der Waals surface area contributed by atoms with Crippen molar-refractivity contribution >= 4 is 17.9 Å². The van der Waals surface area contributed by atoms with Gasteiger partial charge in [0, 0.05) is 19.3 Å². The number of unbranched alkanes of at least 4 members (excludes halogenated alkanes) is 32. The Kier molecular flexibility index (Phi) is 64.3. The Balaban J connectivity index is 4.39. The third-order valence-electron chi connectivity index (χ3n) is 14.5. The van der Waals surface area contributed by atoms with E-state index in [1.165, 1.54) is 154 Å². The van der Waals surface area contributed by atoms with E-state index in [1.54, 1.807) is 0 Å². The summed E-state index contributed by atoms with van der Waals surface area (Å²) in [5.41, 5.74) is 0. The largest absolute Gasteiger partial charge is 0.462 e. The average molecular weight is 1110 g/mol. The van der Waals surface area contributed by atoms with E-state index in [4.69, 9.17) is 14.2 Å². The Bertz CT molecular complexity index is 1610. The fourth-order valence-electron chi connectivity index (χ4n) is 9.41. The van der Waals surface area contributed by atoms with E-state index in [0.29, 0.717) is 19.3 Å². The van der Waals surface area contributed by atoms with Crippen molar-refractivity contribution in [2.75, 3.05) is 13.2 Å². The molecule has 0 saturated heterocycles. The highest BCUT2D eigenvalue weighted by atomic mass is 16.6. The first-order valence-electron chi connectivity index (χ1n) is 33.9. The highest BCUT2D eigenvalue weighted by molar-refractivity contribution is 5.71. The van der Waals surface area contributed by atoms with Crippen LogP contribution in [-0.2, 0) is 28.6 Å². The zero-order chi connectivity index (χ0) is 57.8. The Morgan fingerprint density at radius 2 is 0.487 bits per heavy atom. The average Bonchev–Trinajstić information content (AvgIpc) is 3.46. The van der Waals surface area contributed by atoms with Crippen LogP contribution >= 0.6 is 0 Å². The normalized spacial score (nSPS) is 12.8. The molecule has 0 amide bonds. The fourth-order valence-corrected chi connectivity index (χ4v) is 9.41. The van der Waals surface area contributed by atoms with Gasteiger partial charge in [-0.25, -0.2) is 0 Å². The maximum Gasteiger partial charge on any atom is 0.306 e. The minimum Gasteiger partial charge on any atom is -0.462 e. The maximum atomic E-state index is 12.9. The van der Waals surface area contributed by atoms with Crippen LogP contribution in [0.5, 0.6) is 0 Å². The number of esters is 3. The molecular formula is C74H126O6. The summed E-state index contributed by atoms with van der Waals surface area (Å²) in [6, 6.07) is 0. The number of ether oxygens (including phenoxy) is 3. The molecule has 0 fully saturated rings. The number of hydrogen-bond donors (Lipinski definition) is 0. The molecule has 458 valence electrons. The Morgan fingerprint density at radius 1 is 0.263 bits per heavy atom. The Labute approximate surface area is 495 Å². The molecule has 1 atom stereocenters. The summed E-state index contributed by atoms with van der Waals surface area (Å²) >= 11 is 0. The van der Waals surface area contributed by atoms with Crippen molar-refractivity contribution < 1.29 is 28.6 Å². The highest BCUT2D eigenvalue weighted by Gasteiger charge is 2.19. The van der Waals surface area contributed by atoms with Crippen LogP contribution in [0.15, 0.2) is 109 Å². The first-order chi connectivity index (χ1) is 39.5. The summed E-state index contributed by atoms with van der Waals surface area (Å²) in [4.78, 5) is 38.4. The molecule has 6 heteroatoms. The van der Waals surface area contributed by atoms with E-state index in [2.05, 4.69) is 130 Å². The molecule has 0 aromatic carbocycles. The summed E-state index contributed by atoms with van der Waals surface area (Å²) in [7, 11) is 0. The van der Waals surface area contributed by atoms with Crippen molar-refractivity contribution in [2.45, 2.75) is 329 Å². The third-order valence-corrected chi connectivity index (χ3v) is 14.5. The van der Waals surface area contributed by atoms with Crippen molar-refractivity contribution in [1.82, 2.24) is 0 Å². The summed E-state index contributed by atoms with van der Waals surface area (Å²) < 4.78 is 16.9. The van der Waals surface area contributed by atoms with Gasteiger partial charge in [-0.1, -0.05) is 284 Å². The van der Waals surface area contributed by atoms with Crippen LogP contribution in [0, 0.1) is 0 Å². The molecule has 0 heterocycles. The van der Waals surface area contributed by atoms with Gasteiger partial charge in [0.2, 0.25) is 0 Å². The van der Waals surface area contributed by atoms with E-state index in [1.807, 2.05) is 0 Å². The van der Waals surface area contributed by atoms with Crippen molar-refractivity contribution in [1.29, 1.82) is 0 Å². The zero-order valence-electron chi connectivity index (χ0n) is 52.6. The number of allylic oxidation sites excluding steroid dienone is 18. The second kappa shape index (κ2) is 67.6. The van der Waals surface area contributed by atoms with Crippen molar-refractivity contribution in [3.63, 3.8) is 0 Å². The second-order valence-corrected chi connectivity index (χ2v) is 22.3. The number of rotatable bonds is 61. The third kappa shape index (κ3) is 64.9. The molecular weight excluding hydrogens is 985 g/mol. The van der Waals surface area contributed by atoms with Crippen LogP contribution in [0.1, 0.15) is 323 Å². The molecule has 0 bridgehead atoms. The molecule has 0 aliphatic rings. The van der Waals surface area contributed by atoms with Gasteiger partial charge in [0.05, 0.1) is 0 Å². The lowest BCUT2D eigenvalue weighted by Gasteiger charge is -2.18. The van der Waals surface area contributed by atoms with Gasteiger partial charge in [0.15, 0.2) is 6.10 Å². The van der Waals surface area contributed by atoms with Crippen LogP contribution in [0.4, 0.5) is 0 Å². The summed E-state index contributed by atoms with van der Waals surface area (Å²) in [5, 5.41) is 0. The molecule has 0 aliphatic heterocycles. The fraction of sp³-hybridized carbons (Fsp3) is 0.716. The maximum absolute atomic E-state index is 12.9. The van der Waals surface area contributed by atoms with E-state index >= 15 is 0 Å². The van der Waals surface area contributed by atoms with Gasteiger partial charge in [0.1, 0.15) is 13.2 Å². The first kappa shape index (κ1) is 76.1. The summed E-state index contributed by atoms with van der Waals surface area (Å²) in [6.45, 7) is 6.52. The molecule has 0 N–H and O–H groups in total. The molecule has 6 nitrogen and oxygen atoms in total. The number of carbonyl (C=O) groups excluding carboxylic acids is 3. The van der Waals surface area contributed by atoms with E-state index in [0.717, 1.165) is 128 Å². The van der Waals surface area contributed by atoms with E-state index in [-0.39, 0.29) is 31.1 Å². The van der Waals surface area contributed by atoms with Gasteiger partial charge >= 0.3 is 17.9 Å². The molecule has 0 saturated carbocycles. The second-order valence-electron chi connectivity index (χ2n) is 22.3. The van der Waals surface area contributed by atoms with Gasteiger partial charge in [-0.3, -0.25) is 14.4 Å². The minimum atomic E-state index is -0.794. The Morgan fingerprint density at radius 3 is 0.775 bits per heavy atom. The summed E-state index contributed by atoms with van der Waals surface area (Å²) in [5.74, 6) is -0.908. The van der Waals surface area contributed by atoms with Crippen molar-refractivity contribution in [2.24, 2.45) is 0 Å². The van der Waals surface area contributed by atoms with Crippen LogP contribution in [-0.4, -0.2) is 37.2 Å².